The van der Waals surface area contributed by atoms with Gasteiger partial charge in [-0.15, -0.1) is 0 Å². The van der Waals surface area contributed by atoms with Gasteiger partial charge in [-0.1, -0.05) is 51.8 Å². The molecule has 0 aliphatic rings. The van der Waals surface area contributed by atoms with Crippen molar-refractivity contribution in [1.29, 1.82) is 0 Å². The molecule has 2 rings (SSSR count). The Morgan fingerprint density at radius 1 is 1.15 bits per heavy atom. The Morgan fingerprint density at radius 2 is 1.75 bits per heavy atom. The molecule has 2 aromatic carbocycles. The van der Waals surface area contributed by atoms with Crippen LogP contribution in [0.15, 0.2) is 53.0 Å². The molecule has 2 nitrogen and oxygen atoms in total. The predicted octanol–water partition coefficient (Wildman–Crippen LogP) is 4.52. The van der Waals surface area contributed by atoms with Crippen molar-refractivity contribution in [2.24, 2.45) is 0 Å². The van der Waals surface area contributed by atoms with Crippen LogP contribution in [0.25, 0.3) is 0 Å². The van der Waals surface area contributed by atoms with Gasteiger partial charge in [-0.3, -0.25) is 4.79 Å². The van der Waals surface area contributed by atoms with Crippen LogP contribution in [0.4, 0.5) is 0 Å². The minimum Gasteiger partial charge on any atom is -0.349 e. The van der Waals surface area contributed by atoms with E-state index in [-0.39, 0.29) is 11.9 Å². The summed E-state index contributed by atoms with van der Waals surface area (Å²) in [6.07, 6.45) is 0.380. The van der Waals surface area contributed by atoms with Gasteiger partial charge >= 0.3 is 0 Å². The van der Waals surface area contributed by atoms with Crippen molar-refractivity contribution in [2.75, 3.05) is 0 Å². The summed E-state index contributed by atoms with van der Waals surface area (Å²) in [4.78, 5) is 12.0. The Labute approximate surface area is 132 Å². The molecule has 20 heavy (non-hydrogen) atoms. The summed E-state index contributed by atoms with van der Waals surface area (Å²) in [6, 6.07) is 15.2. The first-order chi connectivity index (χ1) is 9.54. The van der Waals surface area contributed by atoms with Crippen LogP contribution in [0, 0.1) is 0 Å². The molecule has 4 heteroatoms. The highest BCUT2D eigenvalue weighted by Gasteiger charge is 2.10. The van der Waals surface area contributed by atoms with Crippen LogP contribution in [-0.4, -0.2) is 5.91 Å². The summed E-state index contributed by atoms with van der Waals surface area (Å²) in [7, 11) is 0. The lowest BCUT2D eigenvalue weighted by atomic mass is 10.1. The number of hydrogen-bond donors (Lipinski definition) is 1. The van der Waals surface area contributed by atoms with Gasteiger partial charge in [-0.25, -0.2) is 0 Å². The highest BCUT2D eigenvalue weighted by molar-refractivity contribution is 9.10. The van der Waals surface area contributed by atoms with Gasteiger partial charge in [0.2, 0.25) is 5.91 Å². The van der Waals surface area contributed by atoms with Crippen molar-refractivity contribution in [1.82, 2.24) is 5.32 Å². The van der Waals surface area contributed by atoms with Crippen LogP contribution in [-0.2, 0) is 11.2 Å². The van der Waals surface area contributed by atoms with Gasteiger partial charge in [0, 0.05) is 9.50 Å². The third-order valence-electron chi connectivity index (χ3n) is 3.03. The Morgan fingerprint density at radius 3 is 2.35 bits per heavy atom. The number of nitrogens with one attached hydrogen (secondary N) is 1. The number of carbonyl (C=O) groups excluding carboxylic acids is 1. The molecule has 0 radical (unpaired) electrons. The standard InChI is InChI=1S/C16H15BrClNO/c1-11(13-4-8-15(18)9-5-13)19-16(20)10-12-2-6-14(17)7-3-12/h2-9,11H,10H2,1H3,(H,19,20)/t11-/m1/s1. The zero-order valence-corrected chi connectivity index (χ0v) is 13.4. The molecule has 104 valence electrons. The Kier molecular flexibility index (Phi) is 5.21. The van der Waals surface area contributed by atoms with Crippen molar-refractivity contribution in [3.63, 3.8) is 0 Å². The van der Waals surface area contributed by atoms with E-state index >= 15 is 0 Å². The van der Waals surface area contributed by atoms with Crippen molar-refractivity contribution in [2.45, 2.75) is 19.4 Å². The Hall–Kier alpha value is -1.32. The van der Waals surface area contributed by atoms with Crippen LogP contribution in [0.1, 0.15) is 24.1 Å². The first-order valence-electron chi connectivity index (χ1n) is 6.34. The second-order valence-electron chi connectivity index (χ2n) is 4.64. The SMILES string of the molecule is C[C@@H](NC(=O)Cc1ccc(Br)cc1)c1ccc(Cl)cc1. The monoisotopic (exact) mass is 351 g/mol. The number of amides is 1. The molecule has 0 saturated carbocycles. The maximum atomic E-state index is 12.0. The first-order valence-corrected chi connectivity index (χ1v) is 7.51. The van der Waals surface area contributed by atoms with E-state index in [1.165, 1.54) is 0 Å². The summed E-state index contributed by atoms with van der Waals surface area (Å²) in [5.74, 6) is 0.00905. The van der Waals surface area contributed by atoms with Crippen LogP contribution in [0.2, 0.25) is 5.02 Å². The number of benzene rings is 2. The topological polar surface area (TPSA) is 29.1 Å². The van der Waals surface area contributed by atoms with Crippen LogP contribution < -0.4 is 5.32 Å². The lowest BCUT2D eigenvalue weighted by Crippen LogP contribution is -2.28. The molecule has 0 aromatic heterocycles. The Bertz CT molecular complexity index is 580. The van der Waals surface area contributed by atoms with Gasteiger partial charge in [0.05, 0.1) is 12.5 Å². The molecule has 0 bridgehead atoms. The van der Waals surface area contributed by atoms with Crippen molar-refractivity contribution in [3.8, 4) is 0 Å². The summed E-state index contributed by atoms with van der Waals surface area (Å²) >= 11 is 9.23. The van der Waals surface area contributed by atoms with Crippen LogP contribution in [0.5, 0.6) is 0 Å². The average molecular weight is 353 g/mol. The van der Waals surface area contributed by atoms with E-state index in [9.17, 15) is 4.79 Å². The highest BCUT2D eigenvalue weighted by atomic mass is 79.9. The van der Waals surface area contributed by atoms with E-state index in [1.54, 1.807) is 0 Å². The third-order valence-corrected chi connectivity index (χ3v) is 3.81. The smallest absolute Gasteiger partial charge is 0.224 e. The molecular formula is C16H15BrClNO. The van der Waals surface area contributed by atoms with E-state index < -0.39 is 0 Å². The molecule has 1 N–H and O–H groups in total. The third kappa shape index (κ3) is 4.36. The van der Waals surface area contributed by atoms with Crippen LogP contribution in [0.3, 0.4) is 0 Å². The summed E-state index contributed by atoms with van der Waals surface area (Å²) in [5, 5.41) is 3.68. The van der Waals surface area contributed by atoms with Crippen molar-refractivity contribution < 1.29 is 4.79 Å². The minimum atomic E-state index is -0.0322. The quantitative estimate of drug-likeness (QED) is 0.861. The zero-order chi connectivity index (χ0) is 14.5. The molecule has 0 spiro atoms. The molecule has 1 amide bonds. The van der Waals surface area contributed by atoms with E-state index in [1.807, 2.05) is 55.5 Å². The van der Waals surface area contributed by atoms with E-state index in [0.29, 0.717) is 11.4 Å². The van der Waals surface area contributed by atoms with Gasteiger partial charge in [0.15, 0.2) is 0 Å². The number of halogens is 2. The van der Waals surface area contributed by atoms with Crippen molar-refractivity contribution >= 4 is 33.4 Å². The molecular weight excluding hydrogens is 338 g/mol. The molecule has 0 unspecified atom stereocenters. The summed E-state index contributed by atoms with van der Waals surface area (Å²) in [5.41, 5.74) is 2.03. The lowest BCUT2D eigenvalue weighted by Gasteiger charge is -2.14. The van der Waals surface area contributed by atoms with Gasteiger partial charge in [0.1, 0.15) is 0 Å². The minimum absolute atomic E-state index is 0.00905. The van der Waals surface area contributed by atoms with Gasteiger partial charge < -0.3 is 5.32 Å². The number of hydrogen-bond acceptors (Lipinski definition) is 1. The molecule has 0 aliphatic heterocycles. The fraction of sp³-hybridized carbons (Fsp3) is 0.188. The Balaban J connectivity index is 1.93. The van der Waals surface area contributed by atoms with E-state index in [2.05, 4.69) is 21.2 Å². The summed E-state index contributed by atoms with van der Waals surface area (Å²) in [6.45, 7) is 1.96. The fourth-order valence-electron chi connectivity index (χ4n) is 1.91. The molecule has 2 aromatic rings. The summed E-state index contributed by atoms with van der Waals surface area (Å²) < 4.78 is 1.01. The average Bonchev–Trinajstić information content (AvgIpc) is 2.42. The highest BCUT2D eigenvalue weighted by Crippen LogP contribution is 2.16. The number of carbonyl (C=O) groups is 1. The normalized spacial score (nSPS) is 11.9. The van der Waals surface area contributed by atoms with Crippen molar-refractivity contribution in [3.05, 3.63) is 69.2 Å². The van der Waals surface area contributed by atoms with E-state index in [4.69, 9.17) is 11.6 Å². The fourth-order valence-corrected chi connectivity index (χ4v) is 2.31. The maximum absolute atomic E-state index is 12.0. The zero-order valence-electron chi connectivity index (χ0n) is 11.1. The molecule has 0 heterocycles. The molecule has 1 atom stereocenters. The maximum Gasteiger partial charge on any atom is 0.224 e. The molecule has 0 saturated heterocycles. The largest absolute Gasteiger partial charge is 0.349 e. The van der Waals surface area contributed by atoms with Gasteiger partial charge in [-0.2, -0.15) is 0 Å². The van der Waals surface area contributed by atoms with Gasteiger partial charge in [-0.05, 0) is 42.3 Å². The number of rotatable bonds is 4. The lowest BCUT2D eigenvalue weighted by molar-refractivity contribution is -0.121. The van der Waals surface area contributed by atoms with Gasteiger partial charge in [0.25, 0.3) is 0 Å². The second-order valence-corrected chi connectivity index (χ2v) is 6.00. The van der Waals surface area contributed by atoms with E-state index in [0.717, 1.165) is 15.6 Å². The predicted molar refractivity (Wildman–Crippen MR) is 85.9 cm³/mol. The van der Waals surface area contributed by atoms with Crippen LogP contribution >= 0.6 is 27.5 Å². The second kappa shape index (κ2) is 6.91. The molecule has 0 fully saturated rings. The first kappa shape index (κ1) is 15.1. The molecule has 0 aliphatic carbocycles.